The molecule has 1 aromatic heterocycles. The third kappa shape index (κ3) is 3.95. The molecule has 0 bridgehead atoms. The first-order chi connectivity index (χ1) is 10.0. The molecule has 114 valence electrons. The van der Waals surface area contributed by atoms with Crippen molar-refractivity contribution in [3.05, 3.63) is 51.3 Å². The lowest BCUT2D eigenvalue weighted by Crippen LogP contribution is -2.24. The summed E-state index contributed by atoms with van der Waals surface area (Å²) >= 11 is 3.64. The zero-order valence-electron chi connectivity index (χ0n) is 13.3. The van der Waals surface area contributed by atoms with Gasteiger partial charge in [-0.2, -0.15) is 5.10 Å². The van der Waals surface area contributed by atoms with Crippen LogP contribution in [0.25, 0.3) is 0 Å². The SMILES string of the molecule is CCNC(Cc1cc(C)nn1CC)c1ccc(C)c(Br)c1. The second kappa shape index (κ2) is 7.23. The van der Waals surface area contributed by atoms with Crippen LogP contribution in [0.1, 0.15) is 42.4 Å². The smallest absolute Gasteiger partial charge is 0.0596 e. The van der Waals surface area contributed by atoms with Gasteiger partial charge in [-0.15, -0.1) is 0 Å². The maximum atomic E-state index is 4.55. The largest absolute Gasteiger partial charge is 0.310 e. The highest BCUT2D eigenvalue weighted by molar-refractivity contribution is 9.10. The predicted octanol–water partition coefficient (Wildman–Crippen LogP) is 4.18. The first kappa shape index (κ1) is 16.2. The Morgan fingerprint density at radius 2 is 2.00 bits per heavy atom. The average Bonchev–Trinajstić information content (AvgIpc) is 2.81. The summed E-state index contributed by atoms with van der Waals surface area (Å²) in [6.45, 7) is 10.3. The maximum absolute atomic E-state index is 4.55. The van der Waals surface area contributed by atoms with E-state index in [1.54, 1.807) is 0 Å². The molecule has 0 aliphatic carbocycles. The van der Waals surface area contributed by atoms with E-state index < -0.39 is 0 Å². The summed E-state index contributed by atoms with van der Waals surface area (Å²) in [5.74, 6) is 0. The van der Waals surface area contributed by atoms with Crippen LogP contribution >= 0.6 is 15.9 Å². The van der Waals surface area contributed by atoms with Crippen LogP contribution in [-0.4, -0.2) is 16.3 Å². The summed E-state index contributed by atoms with van der Waals surface area (Å²) in [4.78, 5) is 0. The van der Waals surface area contributed by atoms with Crippen LogP contribution < -0.4 is 5.32 Å². The molecule has 1 atom stereocenters. The topological polar surface area (TPSA) is 29.9 Å². The minimum atomic E-state index is 0.313. The molecule has 0 saturated heterocycles. The lowest BCUT2D eigenvalue weighted by molar-refractivity contribution is 0.516. The third-order valence-corrected chi connectivity index (χ3v) is 4.60. The molecule has 0 fully saturated rings. The van der Waals surface area contributed by atoms with E-state index in [4.69, 9.17) is 0 Å². The summed E-state index contributed by atoms with van der Waals surface area (Å²) in [7, 11) is 0. The number of rotatable bonds is 6. The lowest BCUT2D eigenvalue weighted by Gasteiger charge is -2.19. The quantitative estimate of drug-likeness (QED) is 0.847. The Balaban J connectivity index is 2.27. The second-order valence-electron chi connectivity index (χ2n) is 5.42. The van der Waals surface area contributed by atoms with E-state index in [0.717, 1.165) is 25.2 Å². The van der Waals surface area contributed by atoms with Crippen molar-refractivity contribution in [1.29, 1.82) is 0 Å². The Labute approximate surface area is 135 Å². The number of hydrogen-bond donors (Lipinski definition) is 1. The zero-order valence-corrected chi connectivity index (χ0v) is 14.9. The van der Waals surface area contributed by atoms with Gasteiger partial charge in [-0.1, -0.05) is 35.0 Å². The van der Waals surface area contributed by atoms with Crippen molar-refractivity contribution in [3.63, 3.8) is 0 Å². The van der Waals surface area contributed by atoms with Crippen molar-refractivity contribution in [2.24, 2.45) is 0 Å². The number of aromatic nitrogens is 2. The molecule has 0 aliphatic rings. The fraction of sp³-hybridized carbons (Fsp3) is 0.471. The molecule has 1 N–H and O–H groups in total. The first-order valence-corrected chi connectivity index (χ1v) is 8.37. The van der Waals surface area contributed by atoms with Gasteiger partial charge < -0.3 is 5.32 Å². The molecule has 1 unspecified atom stereocenters. The van der Waals surface area contributed by atoms with Gasteiger partial charge in [0.15, 0.2) is 0 Å². The number of hydrogen-bond acceptors (Lipinski definition) is 2. The number of halogens is 1. The molecule has 1 heterocycles. The summed E-state index contributed by atoms with van der Waals surface area (Å²) in [5.41, 5.74) is 4.96. The fourth-order valence-corrected chi connectivity index (χ4v) is 3.02. The van der Waals surface area contributed by atoms with Crippen molar-refractivity contribution in [1.82, 2.24) is 15.1 Å². The highest BCUT2D eigenvalue weighted by Crippen LogP contribution is 2.24. The predicted molar refractivity (Wildman–Crippen MR) is 91.6 cm³/mol. The van der Waals surface area contributed by atoms with E-state index in [2.05, 4.69) is 83.0 Å². The number of likely N-dealkylation sites (N-methyl/N-ethyl adjacent to an activating group) is 1. The molecular weight excluding hydrogens is 326 g/mol. The molecular formula is C17H24BrN3. The average molecular weight is 350 g/mol. The molecule has 2 aromatic rings. The minimum absolute atomic E-state index is 0.313. The number of benzene rings is 1. The fourth-order valence-electron chi connectivity index (χ4n) is 2.63. The Hall–Kier alpha value is -1.13. The standard InChI is InChI=1S/C17H24BrN3/c1-5-19-17(14-8-7-12(3)16(18)10-14)11-15-9-13(4)20-21(15)6-2/h7-10,17,19H,5-6,11H2,1-4H3. The zero-order chi connectivity index (χ0) is 15.4. The van der Waals surface area contributed by atoms with Gasteiger partial charge in [-0.05, 0) is 50.6 Å². The van der Waals surface area contributed by atoms with Gasteiger partial charge in [-0.25, -0.2) is 0 Å². The molecule has 0 spiro atoms. The normalized spacial score (nSPS) is 12.6. The van der Waals surface area contributed by atoms with Gasteiger partial charge in [0.05, 0.1) is 5.69 Å². The minimum Gasteiger partial charge on any atom is -0.310 e. The number of nitrogens with one attached hydrogen (secondary N) is 1. The van der Waals surface area contributed by atoms with Crippen molar-refractivity contribution in [2.75, 3.05) is 6.54 Å². The molecule has 0 radical (unpaired) electrons. The monoisotopic (exact) mass is 349 g/mol. The summed E-state index contributed by atoms with van der Waals surface area (Å²) in [5, 5.41) is 8.14. The van der Waals surface area contributed by atoms with Crippen LogP contribution in [0.4, 0.5) is 0 Å². The van der Waals surface area contributed by atoms with Crippen LogP contribution in [0.3, 0.4) is 0 Å². The van der Waals surface area contributed by atoms with Crippen LogP contribution in [0.15, 0.2) is 28.7 Å². The van der Waals surface area contributed by atoms with Gasteiger partial charge in [0.2, 0.25) is 0 Å². The molecule has 0 saturated carbocycles. The highest BCUT2D eigenvalue weighted by Gasteiger charge is 2.15. The van der Waals surface area contributed by atoms with Crippen molar-refractivity contribution < 1.29 is 0 Å². The third-order valence-electron chi connectivity index (χ3n) is 3.75. The number of nitrogens with zero attached hydrogens (tertiary/aromatic N) is 2. The molecule has 4 heteroatoms. The van der Waals surface area contributed by atoms with E-state index in [0.29, 0.717) is 6.04 Å². The van der Waals surface area contributed by atoms with Gasteiger partial charge in [0.1, 0.15) is 0 Å². The van der Waals surface area contributed by atoms with Crippen LogP contribution in [0.5, 0.6) is 0 Å². The summed E-state index contributed by atoms with van der Waals surface area (Å²) < 4.78 is 3.27. The van der Waals surface area contributed by atoms with Gasteiger partial charge >= 0.3 is 0 Å². The highest BCUT2D eigenvalue weighted by atomic mass is 79.9. The van der Waals surface area contributed by atoms with E-state index in [1.165, 1.54) is 21.3 Å². The lowest BCUT2D eigenvalue weighted by atomic mass is 10.0. The Kier molecular flexibility index (Phi) is 5.59. The van der Waals surface area contributed by atoms with E-state index >= 15 is 0 Å². The van der Waals surface area contributed by atoms with Gasteiger partial charge in [-0.3, -0.25) is 4.68 Å². The van der Waals surface area contributed by atoms with Crippen molar-refractivity contribution in [2.45, 2.75) is 46.7 Å². The van der Waals surface area contributed by atoms with Crippen molar-refractivity contribution in [3.8, 4) is 0 Å². The molecule has 2 rings (SSSR count). The van der Waals surface area contributed by atoms with Gasteiger partial charge in [0, 0.05) is 29.2 Å². The Bertz CT molecular complexity index is 604. The van der Waals surface area contributed by atoms with Gasteiger partial charge in [0.25, 0.3) is 0 Å². The molecule has 0 aliphatic heterocycles. The second-order valence-corrected chi connectivity index (χ2v) is 6.27. The van der Waals surface area contributed by atoms with Crippen LogP contribution in [0.2, 0.25) is 0 Å². The summed E-state index contributed by atoms with van der Waals surface area (Å²) in [6, 6.07) is 9.12. The molecule has 0 amide bonds. The Morgan fingerprint density at radius 3 is 2.62 bits per heavy atom. The number of aryl methyl sites for hydroxylation is 3. The van der Waals surface area contributed by atoms with Crippen LogP contribution in [0, 0.1) is 13.8 Å². The van der Waals surface area contributed by atoms with Crippen LogP contribution in [-0.2, 0) is 13.0 Å². The van der Waals surface area contributed by atoms with E-state index in [9.17, 15) is 0 Å². The first-order valence-electron chi connectivity index (χ1n) is 7.57. The maximum Gasteiger partial charge on any atom is 0.0596 e. The molecule has 3 nitrogen and oxygen atoms in total. The summed E-state index contributed by atoms with van der Waals surface area (Å²) in [6.07, 6.45) is 0.956. The Morgan fingerprint density at radius 1 is 1.24 bits per heavy atom. The molecule has 21 heavy (non-hydrogen) atoms. The van der Waals surface area contributed by atoms with Crippen molar-refractivity contribution >= 4 is 15.9 Å². The van der Waals surface area contributed by atoms with E-state index in [-0.39, 0.29) is 0 Å². The molecule has 1 aromatic carbocycles. The van der Waals surface area contributed by atoms with E-state index in [1.807, 2.05) is 0 Å².